The SMILES string of the molecule is Nc1cc(C(=O)NCCc2ncc[nH]2)nc2ccccc12. The van der Waals surface area contributed by atoms with Crippen LogP contribution in [0.25, 0.3) is 10.9 Å². The first-order valence-electron chi connectivity index (χ1n) is 6.66. The first kappa shape index (κ1) is 13.1. The average Bonchev–Trinajstić information content (AvgIpc) is 3.00. The molecule has 0 aliphatic heterocycles. The van der Waals surface area contributed by atoms with Gasteiger partial charge in [-0.3, -0.25) is 4.79 Å². The van der Waals surface area contributed by atoms with Crippen molar-refractivity contribution in [1.82, 2.24) is 20.3 Å². The molecular formula is C15H15N5O. The van der Waals surface area contributed by atoms with E-state index in [1.807, 2.05) is 24.3 Å². The van der Waals surface area contributed by atoms with Crippen LogP contribution >= 0.6 is 0 Å². The number of benzene rings is 1. The number of pyridine rings is 1. The van der Waals surface area contributed by atoms with Gasteiger partial charge in [0.25, 0.3) is 5.91 Å². The minimum Gasteiger partial charge on any atom is -0.398 e. The number of fused-ring (bicyclic) bond motifs is 1. The Labute approximate surface area is 121 Å². The molecule has 6 heteroatoms. The molecule has 0 bridgehead atoms. The summed E-state index contributed by atoms with van der Waals surface area (Å²) >= 11 is 0. The molecule has 0 aliphatic carbocycles. The summed E-state index contributed by atoms with van der Waals surface area (Å²) in [6.45, 7) is 0.487. The Bertz CT molecular complexity index is 767. The number of aromatic amines is 1. The third kappa shape index (κ3) is 2.84. The summed E-state index contributed by atoms with van der Waals surface area (Å²) in [5, 5.41) is 3.66. The van der Waals surface area contributed by atoms with Gasteiger partial charge in [-0.15, -0.1) is 0 Å². The highest BCUT2D eigenvalue weighted by atomic mass is 16.1. The Morgan fingerprint density at radius 2 is 2.19 bits per heavy atom. The monoisotopic (exact) mass is 281 g/mol. The number of carbonyl (C=O) groups excluding carboxylic acids is 1. The van der Waals surface area contributed by atoms with Crippen LogP contribution < -0.4 is 11.1 Å². The van der Waals surface area contributed by atoms with Gasteiger partial charge in [0.15, 0.2) is 0 Å². The van der Waals surface area contributed by atoms with Crippen LogP contribution in [0.1, 0.15) is 16.3 Å². The number of rotatable bonds is 4. The number of imidazole rings is 1. The standard InChI is InChI=1S/C15H15N5O/c16-11-9-13(20-12-4-2-1-3-10(11)12)15(21)19-6-5-14-17-7-8-18-14/h1-4,7-9H,5-6H2,(H2,16,20)(H,17,18)(H,19,21). The maximum absolute atomic E-state index is 12.1. The molecule has 0 saturated heterocycles. The molecule has 0 aliphatic rings. The normalized spacial score (nSPS) is 10.7. The molecule has 4 N–H and O–H groups in total. The summed E-state index contributed by atoms with van der Waals surface area (Å²) in [6, 6.07) is 9.09. The van der Waals surface area contributed by atoms with Crippen molar-refractivity contribution in [2.75, 3.05) is 12.3 Å². The van der Waals surface area contributed by atoms with Crippen LogP contribution in [0.5, 0.6) is 0 Å². The average molecular weight is 281 g/mol. The number of anilines is 1. The highest BCUT2D eigenvalue weighted by molar-refractivity contribution is 5.99. The smallest absolute Gasteiger partial charge is 0.269 e. The molecule has 1 amide bonds. The third-order valence-electron chi connectivity index (χ3n) is 3.18. The van der Waals surface area contributed by atoms with Crippen molar-refractivity contribution in [1.29, 1.82) is 0 Å². The first-order valence-corrected chi connectivity index (χ1v) is 6.66. The van der Waals surface area contributed by atoms with Gasteiger partial charge in [-0.05, 0) is 12.1 Å². The summed E-state index contributed by atoms with van der Waals surface area (Å²) in [4.78, 5) is 23.5. The van der Waals surface area contributed by atoms with Crippen molar-refractivity contribution < 1.29 is 4.79 Å². The Kier molecular flexibility index (Phi) is 3.51. The zero-order valence-electron chi connectivity index (χ0n) is 11.3. The summed E-state index contributed by atoms with van der Waals surface area (Å²) in [7, 11) is 0. The lowest BCUT2D eigenvalue weighted by atomic mass is 10.1. The Morgan fingerprint density at radius 1 is 1.33 bits per heavy atom. The second-order valence-corrected chi connectivity index (χ2v) is 4.66. The van der Waals surface area contributed by atoms with Gasteiger partial charge >= 0.3 is 0 Å². The number of aromatic nitrogens is 3. The molecule has 3 rings (SSSR count). The predicted octanol–water partition coefficient (Wildman–Crippen LogP) is 1.51. The third-order valence-corrected chi connectivity index (χ3v) is 3.18. The largest absolute Gasteiger partial charge is 0.398 e. The van der Waals surface area contributed by atoms with Crippen LogP contribution in [0.15, 0.2) is 42.7 Å². The molecule has 0 unspecified atom stereocenters. The fraction of sp³-hybridized carbons (Fsp3) is 0.133. The maximum atomic E-state index is 12.1. The summed E-state index contributed by atoms with van der Waals surface area (Å²) in [5.41, 5.74) is 7.56. The van der Waals surface area contributed by atoms with Gasteiger partial charge in [-0.25, -0.2) is 9.97 Å². The Morgan fingerprint density at radius 3 is 3.00 bits per heavy atom. The quantitative estimate of drug-likeness (QED) is 0.675. The van der Waals surface area contributed by atoms with Crippen LogP contribution in [0.2, 0.25) is 0 Å². The number of nitrogens with zero attached hydrogens (tertiary/aromatic N) is 2. The van der Waals surface area contributed by atoms with Gasteiger partial charge in [-0.1, -0.05) is 18.2 Å². The molecule has 1 aromatic carbocycles. The maximum Gasteiger partial charge on any atom is 0.269 e. The van der Waals surface area contributed by atoms with Crippen LogP contribution in [-0.4, -0.2) is 27.4 Å². The van der Waals surface area contributed by atoms with Crippen LogP contribution in [0, 0.1) is 0 Å². The minimum atomic E-state index is -0.237. The predicted molar refractivity (Wildman–Crippen MR) is 80.8 cm³/mol. The molecule has 21 heavy (non-hydrogen) atoms. The van der Waals surface area contributed by atoms with Crippen LogP contribution in [0.4, 0.5) is 5.69 Å². The number of nitrogens with two attached hydrogens (primary N) is 1. The van der Waals surface area contributed by atoms with Crippen molar-refractivity contribution in [3.63, 3.8) is 0 Å². The highest BCUT2D eigenvalue weighted by Gasteiger charge is 2.10. The number of hydrogen-bond donors (Lipinski definition) is 3. The van der Waals surface area contributed by atoms with Crippen LogP contribution in [-0.2, 0) is 6.42 Å². The summed E-state index contributed by atoms with van der Waals surface area (Å²) in [5.74, 6) is 0.597. The Hall–Kier alpha value is -2.89. The lowest BCUT2D eigenvalue weighted by Gasteiger charge is -2.07. The molecule has 0 saturated carbocycles. The minimum absolute atomic E-state index is 0.237. The topological polar surface area (TPSA) is 96.7 Å². The van der Waals surface area contributed by atoms with E-state index in [1.165, 1.54) is 0 Å². The van der Waals surface area contributed by atoms with Gasteiger partial charge in [0.2, 0.25) is 0 Å². The van der Waals surface area contributed by atoms with Crippen molar-refractivity contribution in [3.05, 3.63) is 54.2 Å². The van der Waals surface area contributed by atoms with Gasteiger partial charge in [0.05, 0.1) is 5.52 Å². The fourth-order valence-electron chi connectivity index (χ4n) is 2.14. The van der Waals surface area contributed by atoms with E-state index in [2.05, 4.69) is 20.3 Å². The molecule has 0 spiro atoms. The van der Waals surface area contributed by atoms with E-state index in [9.17, 15) is 4.79 Å². The first-order chi connectivity index (χ1) is 10.2. The van der Waals surface area contributed by atoms with Gasteiger partial charge in [0, 0.05) is 36.4 Å². The van der Waals surface area contributed by atoms with Gasteiger partial charge in [0.1, 0.15) is 11.5 Å². The van der Waals surface area contributed by atoms with E-state index in [0.29, 0.717) is 29.9 Å². The number of carbonyl (C=O) groups is 1. The molecule has 0 atom stereocenters. The van der Waals surface area contributed by atoms with Crippen molar-refractivity contribution >= 4 is 22.5 Å². The molecular weight excluding hydrogens is 266 g/mol. The van der Waals surface area contributed by atoms with Gasteiger partial charge in [-0.2, -0.15) is 0 Å². The van der Waals surface area contributed by atoms with E-state index in [-0.39, 0.29) is 5.91 Å². The lowest BCUT2D eigenvalue weighted by Crippen LogP contribution is -2.27. The number of amides is 1. The van der Waals surface area contributed by atoms with Crippen molar-refractivity contribution in [2.45, 2.75) is 6.42 Å². The van der Waals surface area contributed by atoms with Gasteiger partial charge < -0.3 is 16.0 Å². The second-order valence-electron chi connectivity index (χ2n) is 4.66. The molecule has 2 aromatic heterocycles. The molecule has 0 fully saturated rings. The Balaban J connectivity index is 1.72. The van der Waals surface area contributed by atoms with E-state index in [0.717, 1.165) is 11.2 Å². The van der Waals surface area contributed by atoms with E-state index in [4.69, 9.17) is 5.73 Å². The molecule has 2 heterocycles. The number of H-pyrrole nitrogens is 1. The highest BCUT2D eigenvalue weighted by Crippen LogP contribution is 2.19. The van der Waals surface area contributed by atoms with E-state index < -0.39 is 0 Å². The number of hydrogen-bond acceptors (Lipinski definition) is 4. The number of nitrogen functional groups attached to an aromatic ring is 1. The molecule has 3 aromatic rings. The van der Waals surface area contributed by atoms with Crippen molar-refractivity contribution in [3.8, 4) is 0 Å². The second kappa shape index (κ2) is 5.62. The summed E-state index contributed by atoms with van der Waals surface area (Å²) < 4.78 is 0. The number of nitrogens with one attached hydrogen (secondary N) is 2. The summed E-state index contributed by atoms with van der Waals surface area (Å²) in [6.07, 6.45) is 4.08. The number of para-hydroxylation sites is 1. The van der Waals surface area contributed by atoms with Crippen LogP contribution in [0.3, 0.4) is 0 Å². The molecule has 106 valence electrons. The molecule has 6 nitrogen and oxygen atoms in total. The van der Waals surface area contributed by atoms with E-state index in [1.54, 1.807) is 18.5 Å². The molecule has 0 radical (unpaired) electrons. The fourth-order valence-corrected chi connectivity index (χ4v) is 2.14. The zero-order valence-corrected chi connectivity index (χ0v) is 11.3. The zero-order chi connectivity index (χ0) is 14.7. The van der Waals surface area contributed by atoms with Crippen molar-refractivity contribution in [2.24, 2.45) is 0 Å². The lowest BCUT2D eigenvalue weighted by molar-refractivity contribution is 0.0949. The van der Waals surface area contributed by atoms with E-state index >= 15 is 0 Å².